The van der Waals surface area contributed by atoms with Crippen molar-refractivity contribution < 1.29 is 4.74 Å². The van der Waals surface area contributed by atoms with Crippen molar-refractivity contribution in [1.29, 1.82) is 0 Å². The van der Waals surface area contributed by atoms with Crippen LogP contribution >= 0.6 is 0 Å². The summed E-state index contributed by atoms with van der Waals surface area (Å²) in [5, 5.41) is 3.38. The molecule has 1 aromatic carbocycles. The summed E-state index contributed by atoms with van der Waals surface area (Å²) in [4.78, 5) is 2.17. The van der Waals surface area contributed by atoms with Gasteiger partial charge in [0.05, 0.1) is 12.7 Å². The van der Waals surface area contributed by atoms with Crippen LogP contribution in [0.5, 0.6) is 0 Å². The van der Waals surface area contributed by atoms with Gasteiger partial charge in [0.1, 0.15) is 0 Å². The molecule has 0 amide bonds. The molecule has 1 unspecified atom stereocenters. The Kier molecular flexibility index (Phi) is 3.69. The third-order valence-electron chi connectivity index (χ3n) is 3.44. The molecular formula is C14H22N2O. The van der Waals surface area contributed by atoms with Crippen LogP contribution in [0.2, 0.25) is 0 Å². The summed E-state index contributed by atoms with van der Waals surface area (Å²) in [6, 6.07) is 4.50. The maximum absolute atomic E-state index is 5.81. The van der Waals surface area contributed by atoms with Crippen molar-refractivity contribution >= 4 is 5.69 Å². The Morgan fingerprint density at radius 3 is 2.65 bits per heavy atom. The van der Waals surface area contributed by atoms with Crippen LogP contribution in [0.25, 0.3) is 0 Å². The Hall–Kier alpha value is -1.06. The second-order valence-corrected chi connectivity index (χ2v) is 4.94. The summed E-state index contributed by atoms with van der Waals surface area (Å²) in [6.45, 7) is 7.02. The normalized spacial score (nSPS) is 20.4. The number of ether oxygens (including phenoxy) is 1. The highest BCUT2D eigenvalue weighted by atomic mass is 16.5. The number of nitrogens with zero attached hydrogens (tertiary/aromatic N) is 1. The summed E-state index contributed by atoms with van der Waals surface area (Å²) >= 11 is 0. The molecule has 94 valence electrons. The number of morpholine rings is 1. The van der Waals surface area contributed by atoms with E-state index in [2.05, 4.69) is 50.3 Å². The van der Waals surface area contributed by atoms with Crippen molar-refractivity contribution in [2.75, 3.05) is 38.7 Å². The fraction of sp³-hybridized carbons (Fsp3) is 0.571. The Balaban J connectivity index is 2.34. The van der Waals surface area contributed by atoms with Crippen LogP contribution in [-0.2, 0) is 4.74 Å². The van der Waals surface area contributed by atoms with Gasteiger partial charge in [0.25, 0.3) is 0 Å². The van der Waals surface area contributed by atoms with Crippen molar-refractivity contribution in [3.63, 3.8) is 0 Å². The Morgan fingerprint density at radius 1 is 1.29 bits per heavy atom. The molecule has 1 fully saturated rings. The van der Waals surface area contributed by atoms with E-state index in [9.17, 15) is 0 Å². The van der Waals surface area contributed by atoms with Crippen molar-refractivity contribution in [1.82, 2.24) is 5.32 Å². The van der Waals surface area contributed by atoms with Crippen molar-refractivity contribution in [3.05, 3.63) is 28.8 Å². The second-order valence-electron chi connectivity index (χ2n) is 4.94. The molecule has 1 saturated heterocycles. The Morgan fingerprint density at radius 2 is 2.06 bits per heavy atom. The number of rotatable bonds is 2. The minimum atomic E-state index is 0.196. The molecule has 1 atom stereocenters. The molecule has 0 aromatic heterocycles. The Labute approximate surface area is 104 Å². The first-order valence-electron chi connectivity index (χ1n) is 6.20. The number of anilines is 1. The van der Waals surface area contributed by atoms with Gasteiger partial charge >= 0.3 is 0 Å². The van der Waals surface area contributed by atoms with E-state index in [1.54, 1.807) is 0 Å². The van der Waals surface area contributed by atoms with Gasteiger partial charge in [-0.15, -0.1) is 0 Å². The average molecular weight is 234 g/mol. The van der Waals surface area contributed by atoms with Crippen molar-refractivity contribution in [2.24, 2.45) is 0 Å². The predicted octanol–water partition coefficient (Wildman–Crippen LogP) is 2.03. The first-order chi connectivity index (χ1) is 8.09. The monoisotopic (exact) mass is 234 g/mol. The molecule has 1 N–H and O–H groups in total. The van der Waals surface area contributed by atoms with Gasteiger partial charge in [0, 0.05) is 32.9 Å². The van der Waals surface area contributed by atoms with Crippen LogP contribution in [0.15, 0.2) is 12.1 Å². The highest BCUT2D eigenvalue weighted by Crippen LogP contribution is 2.28. The van der Waals surface area contributed by atoms with Gasteiger partial charge in [-0.05, 0) is 36.6 Å². The molecule has 1 heterocycles. The zero-order valence-electron chi connectivity index (χ0n) is 11.2. The van der Waals surface area contributed by atoms with Gasteiger partial charge in [-0.1, -0.05) is 6.07 Å². The second kappa shape index (κ2) is 5.07. The van der Waals surface area contributed by atoms with Crippen LogP contribution in [-0.4, -0.2) is 33.8 Å². The summed E-state index contributed by atoms with van der Waals surface area (Å²) in [6.07, 6.45) is 0.196. The van der Waals surface area contributed by atoms with E-state index in [4.69, 9.17) is 4.74 Å². The van der Waals surface area contributed by atoms with Crippen LogP contribution < -0.4 is 10.2 Å². The average Bonchev–Trinajstić information content (AvgIpc) is 2.33. The van der Waals surface area contributed by atoms with Gasteiger partial charge in [-0.2, -0.15) is 0 Å². The highest BCUT2D eigenvalue weighted by molar-refractivity contribution is 5.57. The smallest absolute Gasteiger partial charge is 0.0950 e. The largest absolute Gasteiger partial charge is 0.377 e. The lowest BCUT2D eigenvalue weighted by Crippen LogP contribution is -2.33. The Bertz CT molecular complexity index is 395. The minimum absolute atomic E-state index is 0.196. The summed E-state index contributed by atoms with van der Waals surface area (Å²) < 4.78 is 5.81. The number of hydrogen-bond acceptors (Lipinski definition) is 3. The lowest BCUT2D eigenvalue weighted by atomic mass is 9.99. The molecule has 1 aliphatic heterocycles. The molecule has 17 heavy (non-hydrogen) atoms. The standard InChI is InChI=1S/C14H22N2O/c1-10-7-12(14-9-15-5-6-17-14)8-13(11(10)2)16(3)4/h7-8,14-15H,5-6,9H2,1-4H3. The highest BCUT2D eigenvalue weighted by Gasteiger charge is 2.17. The molecule has 0 radical (unpaired) electrons. The lowest BCUT2D eigenvalue weighted by molar-refractivity contribution is 0.0277. The predicted molar refractivity (Wildman–Crippen MR) is 71.8 cm³/mol. The van der Waals surface area contributed by atoms with E-state index < -0.39 is 0 Å². The molecule has 0 saturated carbocycles. The summed E-state index contributed by atoms with van der Waals surface area (Å²) in [5.74, 6) is 0. The summed E-state index contributed by atoms with van der Waals surface area (Å²) in [7, 11) is 4.18. The van der Waals surface area contributed by atoms with Gasteiger partial charge in [0.2, 0.25) is 0 Å². The molecule has 0 spiro atoms. The zero-order chi connectivity index (χ0) is 12.4. The fourth-order valence-corrected chi connectivity index (χ4v) is 2.30. The third kappa shape index (κ3) is 2.61. The maximum Gasteiger partial charge on any atom is 0.0950 e. The number of nitrogens with one attached hydrogen (secondary N) is 1. The molecule has 3 heteroatoms. The first kappa shape index (κ1) is 12.4. The molecule has 1 aromatic rings. The van der Waals surface area contributed by atoms with E-state index in [-0.39, 0.29) is 6.10 Å². The molecule has 0 aliphatic carbocycles. The first-order valence-corrected chi connectivity index (χ1v) is 6.20. The minimum Gasteiger partial charge on any atom is -0.377 e. The van der Waals surface area contributed by atoms with Crippen LogP contribution in [0.3, 0.4) is 0 Å². The van der Waals surface area contributed by atoms with Crippen LogP contribution in [0.1, 0.15) is 22.8 Å². The van der Waals surface area contributed by atoms with Crippen LogP contribution in [0.4, 0.5) is 5.69 Å². The lowest BCUT2D eigenvalue weighted by Gasteiger charge is -2.26. The van der Waals surface area contributed by atoms with Gasteiger partial charge in [0.15, 0.2) is 0 Å². The molecule has 3 nitrogen and oxygen atoms in total. The third-order valence-corrected chi connectivity index (χ3v) is 3.44. The van der Waals surface area contributed by atoms with E-state index in [0.29, 0.717) is 0 Å². The van der Waals surface area contributed by atoms with Gasteiger partial charge in [-0.25, -0.2) is 0 Å². The number of benzene rings is 1. The van der Waals surface area contributed by atoms with Crippen molar-refractivity contribution in [2.45, 2.75) is 20.0 Å². The molecular weight excluding hydrogens is 212 g/mol. The van der Waals surface area contributed by atoms with Crippen molar-refractivity contribution in [3.8, 4) is 0 Å². The van der Waals surface area contributed by atoms with E-state index in [1.807, 2.05) is 0 Å². The fourth-order valence-electron chi connectivity index (χ4n) is 2.30. The van der Waals surface area contributed by atoms with E-state index >= 15 is 0 Å². The maximum atomic E-state index is 5.81. The molecule has 0 bridgehead atoms. The summed E-state index contributed by atoms with van der Waals surface area (Å²) in [5.41, 5.74) is 5.25. The topological polar surface area (TPSA) is 24.5 Å². The molecule has 2 rings (SSSR count). The number of aryl methyl sites for hydroxylation is 1. The molecule has 1 aliphatic rings. The van der Waals surface area contributed by atoms with E-state index in [0.717, 1.165) is 19.7 Å². The quantitative estimate of drug-likeness (QED) is 0.847. The van der Waals surface area contributed by atoms with Crippen LogP contribution in [0, 0.1) is 13.8 Å². The zero-order valence-corrected chi connectivity index (χ0v) is 11.2. The SMILES string of the molecule is Cc1cc(C2CNCCO2)cc(N(C)C)c1C. The number of hydrogen-bond donors (Lipinski definition) is 1. The van der Waals surface area contributed by atoms with Gasteiger partial charge in [-0.3, -0.25) is 0 Å². The van der Waals surface area contributed by atoms with Gasteiger partial charge < -0.3 is 15.0 Å². The van der Waals surface area contributed by atoms with E-state index in [1.165, 1.54) is 22.4 Å².